The average molecular weight is 387 g/mol. The Morgan fingerprint density at radius 1 is 1.26 bits per heavy atom. The zero-order valence-corrected chi connectivity index (χ0v) is 17.5. The Balaban J connectivity index is 1.68. The van der Waals surface area contributed by atoms with Crippen molar-refractivity contribution in [1.29, 1.82) is 0 Å². The van der Waals surface area contributed by atoms with Crippen molar-refractivity contribution in [3.8, 4) is 11.4 Å². The lowest BCUT2D eigenvalue weighted by Crippen LogP contribution is -2.46. The monoisotopic (exact) mass is 386 g/mol. The zero-order chi connectivity index (χ0) is 19.4. The molecule has 5 nitrogen and oxygen atoms in total. The number of rotatable bonds is 6. The van der Waals surface area contributed by atoms with Crippen molar-refractivity contribution >= 4 is 17.7 Å². The number of nitrogens with one attached hydrogen (secondary N) is 1. The molecule has 4 atom stereocenters. The quantitative estimate of drug-likeness (QED) is 0.748. The smallest absolute Gasteiger partial charge is 0.233 e. The Kier molecular flexibility index (Phi) is 6.58. The van der Waals surface area contributed by atoms with Crippen LogP contribution < -0.4 is 5.32 Å². The van der Waals surface area contributed by atoms with Crippen molar-refractivity contribution in [3.63, 3.8) is 0 Å². The van der Waals surface area contributed by atoms with E-state index in [0.29, 0.717) is 11.8 Å². The van der Waals surface area contributed by atoms with Crippen LogP contribution in [0.4, 0.5) is 0 Å². The van der Waals surface area contributed by atoms with Crippen LogP contribution in [-0.4, -0.2) is 32.0 Å². The molecule has 1 aliphatic carbocycles. The third-order valence-electron chi connectivity index (χ3n) is 5.75. The first-order valence-corrected chi connectivity index (χ1v) is 10.8. The topological polar surface area (TPSA) is 59.8 Å². The SMILES string of the molecule is CCn1c(S[C@@H](C)C(=O)N[C@H]2CCC[C@H](C)[C@@H]2C)nnc1-c1ccccc1. The van der Waals surface area contributed by atoms with Crippen LogP contribution in [0.1, 0.15) is 47.0 Å². The molecule has 2 aromatic rings. The van der Waals surface area contributed by atoms with E-state index in [4.69, 9.17) is 0 Å². The van der Waals surface area contributed by atoms with Crippen molar-refractivity contribution < 1.29 is 4.79 Å². The van der Waals surface area contributed by atoms with Gasteiger partial charge in [0.25, 0.3) is 0 Å². The largest absolute Gasteiger partial charge is 0.352 e. The number of carbonyl (C=O) groups is 1. The van der Waals surface area contributed by atoms with Gasteiger partial charge in [-0.2, -0.15) is 0 Å². The minimum atomic E-state index is -0.201. The van der Waals surface area contributed by atoms with E-state index in [-0.39, 0.29) is 17.2 Å². The highest BCUT2D eigenvalue weighted by atomic mass is 32.2. The molecule has 27 heavy (non-hydrogen) atoms. The van der Waals surface area contributed by atoms with Crippen LogP contribution in [0, 0.1) is 11.8 Å². The summed E-state index contributed by atoms with van der Waals surface area (Å²) in [5, 5.41) is 12.6. The summed E-state index contributed by atoms with van der Waals surface area (Å²) in [6, 6.07) is 10.3. The molecule has 1 fully saturated rings. The first-order valence-electron chi connectivity index (χ1n) is 9.96. The summed E-state index contributed by atoms with van der Waals surface area (Å²) in [7, 11) is 0. The molecule has 0 saturated heterocycles. The van der Waals surface area contributed by atoms with Gasteiger partial charge in [0.15, 0.2) is 11.0 Å². The lowest BCUT2D eigenvalue weighted by atomic mass is 9.78. The lowest BCUT2D eigenvalue weighted by Gasteiger charge is -2.35. The van der Waals surface area contributed by atoms with Crippen LogP contribution in [0.2, 0.25) is 0 Å². The fourth-order valence-corrected chi connectivity index (χ4v) is 4.68. The molecule has 3 rings (SSSR count). The first kappa shape index (κ1) is 19.9. The maximum absolute atomic E-state index is 12.8. The second-order valence-electron chi connectivity index (χ2n) is 7.56. The van der Waals surface area contributed by atoms with E-state index < -0.39 is 0 Å². The van der Waals surface area contributed by atoms with E-state index in [1.807, 2.05) is 37.3 Å². The molecule has 1 N–H and O–H groups in total. The van der Waals surface area contributed by atoms with Crippen LogP contribution in [0.25, 0.3) is 11.4 Å². The minimum Gasteiger partial charge on any atom is -0.352 e. The average Bonchev–Trinajstić information content (AvgIpc) is 3.08. The fourth-order valence-electron chi connectivity index (χ4n) is 3.76. The van der Waals surface area contributed by atoms with Gasteiger partial charge in [-0.05, 0) is 32.1 Å². The standard InChI is InChI=1S/C21H30N4OS/c1-5-25-19(17-11-7-6-8-12-17)23-24-21(25)27-16(4)20(26)22-18-13-9-10-14(2)15(18)3/h6-8,11-12,14-16,18H,5,9-10,13H2,1-4H3,(H,22,26)/t14-,15-,16-,18-/m0/s1. The van der Waals surface area contributed by atoms with E-state index >= 15 is 0 Å². The molecule has 0 radical (unpaired) electrons. The van der Waals surface area contributed by atoms with Crippen LogP contribution >= 0.6 is 11.8 Å². The van der Waals surface area contributed by atoms with Crippen molar-refractivity contribution in [3.05, 3.63) is 30.3 Å². The molecule has 1 aromatic carbocycles. The van der Waals surface area contributed by atoms with Crippen molar-refractivity contribution in [2.45, 2.75) is 70.0 Å². The predicted molar refractivity (Wildman–Crippen MR) is 111 cm³/mol. The highest BCUT2D eigenvalue weighted by molar-refractivity contribution is 8.00. The van der Waals surface area contributed by atoms with E-state index in [0.717, 1.165) is 29.5 Å². The molecule has 6 heteroatoms. The van der Waals surface area contributed by atoms with Crippen molar-refractivity contribution in [2.24, 2.45) is 11.8 Å². The van der Waals surface area contributed by atoms with Gasteiger partial charge >= 0.3 is 0 Å². The summed E-state index contributed by atoms with van der Waals surface area (Å²) in [5.41, 5.74) is 1.04. The molecule has 0 bridgehead atoms. The maximum Gasteiger partial charge on any atom is 0.233 e. The summed E-state index contributed by atoms with van der Waals surface area (Å²) in [6.45, 7) is 9.34. The first-order chi connectivity index (χ1) is 13.0. The molecule has 1 saturated carbocycles. The Hall–Kier alpha value is -1.82. The summed E-state index contributed by atoms with van der Waals surface area (Å²) in [4.78, 5) is 12.8. The third kappa shape index (κ3) is 4.54. The van der Waals surface area contributed by atoms with E-state index in [1.165, 1.54) is 24.6 Å². The minimum absolute atomic E-state index is 0.0952. The molecule has 1 amide bonds. The zero-order valence-electron chi connectivity index (χ0n) is 16.7. The number of amides is 1. The molecule has 146 valence electrons. The second-order valence-corrected chi connectivity index (χ2v) is 8.87. The van der Waals surface area contributed by atoms with E-state index in [1.54, 1.807) is 0 Å². The van der Waals surface area contributed by atoms with Gasteiger partial charge in [-0.3, -0.25) is 4.79 Å². The number of benzene rings is 1. The molecular weight excluding hydrogens is 356 g/mol. The Labute approximate surface area is 166 Å². The maximum atomic E-state index is 12.8. The fraction of sp³-hybridized carbons (Fsp3) is 0.571. The van der Waals surface area contributed by atoms with Gasteiger partial charge in [0.1, 0.15) is 0 Å². The molecular formula is C21H30N4OS. The third-order valence-corrected chi connectivity index (χ3v) is 6.83. The van der Waals surface area contributed by atoms with Crippen LogP contribution in [0.15, 0.2) is 35.5 Å². The summed E-state index contributed by atoms with van der Waals surface area (Å²) in [5.74, 6) is 2.15. The summed E-state index contributed by atoms with van der Waals surface area (Å²) in [6.07, 6.45) is 3.54. The molecule has 0 aliphatic heterocycles. The van der Waals surface area contributed by atoms with E-state index in [2.05, 4.69) is 40.9 Å². The summed E-state index contributed by atoms with van der Waals surface area (Å²) < 4.78 is 2.08. The van der Waals surface area contributed by atoms with Crippen LogP contribution in [0.5, 0.6) is 0 Å². The molecule has 1 aromatic heterocycles. The molecule has 1 heterocycles. The number of hydrogen-bond acceptors (Lipinski definition) is 4. The normalized spacial score (nSPS) is 23.8. The number of aromatic nitrogens is 3. The van der Waals surface area contributed by atoms with Gasteiger partial charge < -0.3 is 9.88 Å². The number of hydrogen-bond donors (Lipinski definition) is 1. The Morgan fingerprint density at radius 3 is 2.70 bits per heavy atom. The Bertz CT molecular complexity index is 761. The van der Waals surface area contributed by atoms with Gasteiger partial charge in [0.05, 0.1) is 5.25 Å². The van der Waals surface area contributed by atoms with Crippen LogP contribution in [-0.2, 0) is 11.3 Å². The number of carbonyl (C=O) groups excluding carboxylic acids is 1. The molecule has 0 unspecified atom stereocenters. The van der Waals surface area contributed by atoms with E-state index in [9.17, 15) is 4.79 Å². The second kappa shape index (κ2) is 8.91. The van der Waals surface area contributed by atoms with Gasteiger partial charge in [0.2, 0.25) is 5.91 Å². The van der Waals surface area contributed by atoms with Crippen molar-refractivity contribution in [2.75, 3.05) is 0 Å². The highest BCUT2D eigenvalue weighted by Gasteiger charge is 2.30. The van der Waals surface area contributed by atoms with Crippen LogP contribution in [0.3, 0.4) is 0 Å². The lowest BCUT2D eigenvalue weighted by molar-refractivity contribution is -0.121. The van der Waals surface area contributed by atoms with Gasteiger partial charge in [-0.15, -0.1) is 10.2 Å². The molecule has 0 spiro atoms. The highest BCUT2D eigenvalue weighted by Crippen LogP contribution is 2.31. The van der Waals surface area contributed by atoms with Gasteiger partial charge in [0, 0.05) is 18.2 Å². The molecule has 1 aliphatic rings. The number of nitrogens with zero attached hydrogens (tertiary/aromatic N) is 3. The summed E-state index contributed by atoms with van der Waals surface area (Å²) >= 11 is 1.49. The Morgan fingerprint density at radius 2 is 2.00 bits per heavy atom. The predicted octanol–water partition coefficient (Wildman–Crippen LogP) is 4.39. The van der Waals surface area contributed by atoms with Gasteiger partial charge in [-0.1, -0.05) is 68.8 Å². The number of thioether (sulfide) groups is 1. The van der Waals surface area contributed by atoms with Gasteiger partial charge in [-0.25, -0.2) is 0 Å². The van der Waals surface area contributed by atoms with Crippen molar-refractivity contribution in [1.82, 2.24) is 20.1 Å².